The molecule has 2 amide bonds. The summed E-state index contributed by atoms with van der Waals surface area (Å²) in [5.74, 6) is 0.622. The Morgan fingerprint density at radius 1 is 1.12 bits per heavy atom. The van der Waals surface area contributed by atoms with Gasteiger partial charge in [-0.2, -0.15) is 5.10 Å². The Bertz CT molecular complexity index is 1030. The van der Waals surface area contributed by atoms with E-state index >= 15 is 0 Å². The number of methoxy groups -OCH3 is 2. The molecule has 7 heteroatoms. The minimum absolute atomic E-state index is 0.00402. The molecule has 1 aliphatic carbocycles. The summed E-state index contributed by atoms with van der Waals surface area (Å²) in [6, 6.07) is 15.7. The van der Waals surface area contributed by atoms with Crippen molar-refractivity contribution in [1.82, 2.24) is 9.91 Å². The van der Waals surface area contributed by atoms with E-state index in [-0.39, 0.29) is 30.3 Å². The first-order valence-corrected chi connectivity index (χ1v) is 11.4. The van der Waals surface area contributed by atoms with Crippen LogP contribution in [0.4, 0.5) is 0 Å². The summed E-state index contributed by atoms with van der Waals surface area (Å²) < 4.78 is 10.5. The van der Waals surface area contributed by atoms with Crippen LogP contribution in [0.25, 0.3) is 0 Å². The van der Waals surface area contributed by atoms with Crippen molar-refractivity contribution in [2.75, 3.05) is 33.9 Å². The van der Waals surface area contributed by atoms with E-state index in [2.05, 4.69) is 0 Å². The molecule has 2 aliphatic rings. The van der Waals surface area contributed by atoms with Crippen molar-refractivity contribution in [2.45, 2.75) is 32.2 Å². The summed E-state index contributed by atoms with van der Waals surface area (Å²) in [4.78, 5) is 27.9. The van der Waals surface area contributed by atoms with Gasteiger partial charge in [-0.3, -0.25) is 9.59 Å². The van der Waals surface area contributed by atoms with Gasteiger partial charge in [0.1, 0.15) is 12.3 Å². The van der Waals surface area contributed by atoms with Gasteiger partial charge in [-0.1, -0.05) is 42.0 Å². The van der Waals surface area contributed by atoms with Crippen molar-refractivity contribution in [3.8, 4) is 5.75 Å². The van der Waals surface area contributed by atoms with Crippen molar-refractivity contribution in [3.05, 3.63) is 65.2 Å². The lowest BCUT2D eigenvalue weighted by molar-refractivity contribution is -0.142. The first-order chi connectivity index (χ1) is 16.0. The first kappa shape index (κ1) is 23.0. The van der Waals surface area contributed by atoms with Crippen molar-refractivity contribution >= 4 is 17.5 Å². The van der Waals surface area contributed by atoms with Crippen LogP contribution in [0.15, 0.2) is 53.6 Å². The molecule has 0 unspecified atom stereocenters. The van der Waals surface area contributed by atoms with E-state index in [4.69, 9.17) is 14.6 Å². The highest BCUT2D eigenvalue weighted by Gasteiger charge is 2.37. The normalized spacial score (nSPS) is 17.6. The number of nitrogens with zero attached hydrogens (tertiary/aromatic N) is 3. The van der Waals surface area contributed by atoms with Crippen LogP contribution in [-0.4, -0.2) is 61.4 Å². The Kier molecular flexibility index (Phi) is 7.08. The summed E-state index contributed by atoms with van der Waals surface area (Å²) in [7, 11) is 3.23. The van der Waals surface area contributed by atoms with Gasteiger partial charge in [-0.15, -0.1) is 0 Å². The zero-order valence-electron chi connectivity index (χ0n) is 19.5. The number of hydrogen-bond donors (Lipinski definition) is 0. The quantitative estimate of drug-likeness (QED) is 0.587. The van der Waals surface area contributed by atoms with Crippen molar-refractivity contribution in [3.63, 3.8) is 0 Å². The van der Waals surface area contributed by atoms with Crippen molar-refractivity contribution in [1.29, 1.82) is 0 Å². The molecule has 1 fully saturated rings. The van der Waals surface area contributed by atoms with Gasteiger partial charge < -0.3 is 14.4 Å². The monoisotopic (exact) mass is 449 g/mol. The molecular weight excluding hydrogens is 418 g/mol. The summed E-state index contributed by atoms with van der Waals surface area (Å²) in [5.41, 5.74) is 3.92. The van der Waals surface area contributed by atoms with E-state index in [0.717, 1.165) is 41.0 Å². The van der Waals surface area contributed by atoms with E-state index in [9.17, 15) is 9.59 Å². The van der Waals surface area contributed by atoms with Crippen LogP contribution in [0.1, 0.15) is 42.0 Å². The highest BCUT2D eigenvalue weighted by atomic mass is 16.5. The summed E-state index contributed by atoms with van der Waals surface area (Å²) in [6.07, 6.45) is 2.38. The van der Waals surface area contributed by atoms with Gasteiger partial charge >= 0.3 is 0 Å². The maximum Gasteiger partial charge on any atom is 0.262 e. The number of hydrazone groups is 1. The van der Waals surface area contributed by atoms with E-state index in [0.29, 0.717) is 19.6 Å². The molecule has 0 radical (unpaired) electrons. The van der Waals surface area contributed by atoms with Crippen LogP contribution in [0.3, 0.4) is 0 Å². The molecule has 174 valence electrons. The van der Waals surface area contributed by atoms with Crippen LogP contribution in [-0.2, 0) is 14.3 Å². The van der Waals surface area contributed by atoms with Crippen molar-refractivity contribution in [2.24, 2.45) is 11.0 Å². The molecule has 2 aromatic carbocycles. The molecule has 33 heavy (non-hydrogen) atoms. The predicted molar refractivity (Wildman–Crippen MR) is 126 cm³/mol. The molecule has 1 saturated carbocycles. The van der Waals surface area contributed by atoms with E-state index < -0.39 is 0 Å². The SMILES string of the molecule is COCCN(CC(=O)N1N=C(c2cccc(OC)c2)C[C@H]1c1ccc(C)cc1)C(=O)C1CC1. The maximum atomic E-state index is 13.5. The minimum Gasteiger partial charge on any atom is -0.497 e. The molecule has 0 N–H and O–H groups in total. The smallest absolute Gasteiger partial charge is 0.262 e. The Labute approximate surface area is 195 Å². The summed E-state index contributed by atoms with van der Waals surface area (Å²) >= 11 is 0. The lowest BCUT2D eigenvalue weighted by Gasteiger charge is -2.27. The number of benzene rings is 2. The number of carbonyl (C=O) groups is 2. The Balaban J connectivity index is 1.61. The predicted octanol–water partition coefficient (Wildman–Crippen LogP) is 3.57. The van der Waals surface area contributed by atoms with Gasteiger partial charge in [0.25, 0.3) is 5.91 Å². The number of ether oxygens (including phenoxy) is 2. The van der Waals surface area contributed by atoms with Crippen LogP contribution < -0.4 is 4.74 Å². The first-order valence-electron chi connectivity index (χ1n) is 11.4. The third-order valence-electron chi connectivity index (χ3n) is 6.16. The van der Waals surface area contributed by atoms with Gasteiger partial charge in [0, 0.05) is 31.6 Å². The van der Waals surface area contributed by atoms with E-state index in [1.807, 2.05) is 55.5 Å². The number of carbonyl (C=O) groups excluding carboxylic acids is 2. The number of rotatable bonds is 9. The largest absolute Gasteiger partial charge is 0.497 e. The average Bonchev–Trinajstić information content (AvgIpc) is 3.59. The van der Waals surface area contributed by atoms with Gasteiger partial charge in [-0.05, 0) is 37.5 Å². The second-order valence-corrected chi connectivity index (χ2v) is 8.67. The van der Waals surface area contributed by atoms with E-state index in [1.165, 1.54) is 0 Å². The van der Waals surface area contributed by atoms with Crippen LogP contribution in [0.5, 0.6) is 5.75 Å². The van der Waals surface area contributed by atoms with Gasteiger partial charge in [0.05, 0.1) is 25.5 Å². The summed E-state index contributed by atoms with van der Waals surface area (Å²) in [6.45, 7) is 2.82. The standard InChI is InChI=1S/C26H31N3O4/c1-18-7-9-19(10-8-18)24-16-23(21-5-4-6-22(15-21)33-3)27-29(24)25(30)17-28(13-14-32-2)26(31)20-11-12-20/h4-10,15,20,24H,11-14,16-17H2,1-3H3/t24-/m0/s1. The summed E-state index contributed by atoms with van der Waals surface area (Å²) in [5, 5.41) is 6.30. The second kappa shape index (κ2) is 10.2. The third kappa shape index (κ3) is 5.42. The number of hydrogen-bond acceptors (Lipinski definition) is 5. The zero-order chi connectivity index (χ0) is 23.4. The molecule has 0 bridgehead atoms. The van der Waals surface area contributed by atoms with Gasteiger partial charge in [0.2, 0.25) is 5.91 Å². The lowest BCUT2D eigenvalue weighted by Crippen LogP contribution is -2.43. The van der Waals surface area contributed by atoms with Crippen LogP contribution in [0.2, 0.25) is 0 Å². The van der Waals surface area contributed by atoms with Gasteiger partial charge in [-0.25, -0.2) is 5.01 Å². The fraction of sp³-hybridized carbons (Fsp3) is 0.423. The molecule has 0 aromatic heterocycles. The fourth-order valence-electron chi connectivity index (χ4n) is 4.06. The molecule has 4 rings (SSSR count). The van der Waals surface area contributed by atoms with Crippen LogP contribution >= 0.6 is 0 Å². The Morgan fingerprint density at radius 3 is 2.55 bits per heavy atom. The highest BCUT2D eigenvalue weighted by Crippen LogP contribution is 2.34. The fourth-order valence-corrected chi connectivity index (χ4v) is 4.06. The molecule has 1 atom stereocenters. The highest BCUT2D eigenvalue weighted by molar-refractivity contribution is 6.03. The maximum absolute atomic E-state index is 13.5. The van der Waals surface area contributed by atoms with Gasteiger partial charge in [0.15, 0.2) is 0 Å². The minimum atomic E-state index is -0.223. The Morgan fingerprint density at radius 2 is 1.88 bits per heavy atom. The molecular formula is C26H31N3O4. The zero-order valence-corrected chi connectivity index (χ0v) is 19.5. The Hall–Kier alpha value is -3.19. The molecule has 1 aliphatic heterocycles. The number of amides is 2. The molecule has 0 spiro atoms. The molecule has 7 nitrogen and oxygen atoms in total. The molecule has 0 saturated heterocycles. The molecule has 1 heterocycles. The van der Waals surface area contributed by atoms with Crippen molar-refractivity contribution < 1.29 is 19.1 Å². The lowest BCUT2D eigenvalue weighted by atomic mass is 9.97. The third-order valence-corrected chi connectivity index (χ3v) is 6.16. The average molecular weight is 450 g/mol. The van der Waals surface area contributed by atoms with Crippen LogP contribution in [0, 0.1) is 12.8 Å². The topological polar surface area (TPSA) is 71.4 Å². The number of aryl methyl sites for hydroxylation is 1. The second-order valence-electron chi connectivity index (χ2n) is 8.67. The van der Waals surface area contributed by atoms with E-state index in [1.54, 1.807) is 24.1 Å². The molecule has 2 aromatic rings.